The molecule has 2 fully saturated rings. The van der Waals surface area contributed by atoms with E-state index in [0.29, 0.717) is 41.8 Å². The van der Waals surface area contributed by atoms with E-state index in [9.17, 15) is 27.9 Å². The van der Waals surface area contributed by atoms with Crippen LogP contribution in [0.15, 0.2) is 54.9 Å². The standard InChI is InChI=1S/C35H40F3N3O7/c1-34(2,3)27-29(33(43)44)41(32(42)25-12-8-9-15-47-25)28(24-11-7-6-10-23(24)20-13-14-26(45-4)39-17-20)30(27)48-19-21-16-22(35(36,37)38)18-40-31(21)46-5/h6-7,10-11,13-14,16-18,25,27-30H,8-9,12,15,19H2,1-5H3,(H,43,44)/t25-,27+,28-,29-,30-/m0/s1. The highest BCUT2D eigenvalue weighted by Crippen LogP contribution is 2.52. The van der Waals surface area contributed by atoms with Gasteiger partial charge in [-0.2, -0.15) is 13.2 Å². The molecule has 48 heavy (non-hydrogen) atoms. The number of ether oxygens (including phenoxy) is 4. The van der Waals surface area contributed by atoms with E-state index in [1.54, 1.807) is 30.5 Å². The lowest BCUT2D eigenvalue weighted by Gasteiger charge is -2.35. The molecule has 2 aliphatic rings. The van der Waals surface area contributed by atoms with Gasteiger partial charge in [0.1, 0.15) is 12.1 Å². The monoisotopic (exact) mass is 671 g/mol. The molecule has 5 atom stereocenters. The summed E-state index contributed by atoms with van der Waals surface area (Å²) in [5, 5.41) is 10.8. The number of carbonyl (C=O) groups is 2. The fraction of sp³-hybridized carbons (Fsp3) is 0.486. The summed E-state index contributed by atoms with van der Waals surface area (Å²) in [7, 11) is 2.79. The van der Waals surface area contributed by atoms with Gasteiger partial charge in [0.25, 0.3) is 5.91 Å². The van der Waals surface area contributed by atoms with Crippen LogP contribution in [0.5, 0.6) is 11.8 Å². The number of carboxylic acids is 1. The van der Waals surface area contributed by atoms with Gasteiger partial charge in [0.05, 0.1) is 38.5 Å². The fourth-order valence-corrected chi connectivity index (χ4v) is 6.82. The zero-order valence-corrected chi connectivity index (χ0v) is 27.5. The van der Waals surface area contributed by atoms with Gasteiger partial charge in [-0.3, -0.25) is 4.79 Å². The minimum absolute atomic E-state index is 0.0265. The van der Waals surface area contributed by atoms with Crippen LogP contribution in [-0.4, -0.2) is 70.9 Å². The molecule has 0 radical (unpaired) electrons. The van der Waals surface area contributed by atoms with Gasteiger partial charge in [-0.15, -0.1) is 0 Å². The lowest BCUT2D eigenvalue weighted by molar-refractivity contribution is -0.159. The Morgan fingerprint density at radius 1 is 1.02 bits per heavy atom. The first-order valence-electron chi connectivity index (χ1n) is 15.7. The smallest absolute Gasteiger partial charge is 0.417 e. The third kappa shape index (κ3) is 7.12. The summed E-state index contributed by atoms with van der Waals surface area (Å²) in [6, 6.07) is 9.34. The van der Waals surface area contributed by atoms with Gasteiger partial charge in [-0.25, -0.2) is 14.8 Å². The number of carbonyl (C=O) groups excluding carboxylic acids is 1. The molecule has 2 saturated heterocycles. The Labute approximate surface area is 277 Å². The number of hydrogen-bond donors (Lipinski definition) is 1. The molecule has 0 unspecified atom stereocenters. The molecule has 1 N–H and O–H groups in total. The van der Waals surface area contributed by atoms with Gasteiger partial charge in [-0.05, 0) is 47.9 Å². The maximum Gasteiger partial charge on any atom is 0.417 e. The van der Waals surface area contributed by atoms with Crippen molar-refractivity contribution < 1.29 is 46.8 Å². The second kappa shape index (κ2) is 14.1. The van der Waals surface area contributed by atoms with Gasteiger partial charge in [0, 0.05) is 42.1 Å². The number of pyridine rings is 2. The molecule has 0 bridgehead atoms. The molecule has 0 saturated carbocycles. The molecule has 13 heteroatoms. The molecular formula is C35H40F3N3O7. The Hall–Kier alpha value is -4.23. The number of carboxylic acid groups (broad SMARTS) is 1. The lowest BCUT2D eigenvalue weighted by Crippen LogP contribution is -2.51. The summed E-state index contributed by atoms with van der Waals surface area (Å²) < 4.78 is 64.1. The maximum atomic E-state index is 14.5. The Morgan fingerprint density at radius 3 is 2.35 bits per heavy atom. The molecular weight excluding hydrogens is 631 g/mol. The normalized spacial score (nSPS) is 23.2. The second-order valence-electron chi connectivity index (χ2n) is 13.1. The Bertz CT molecular complexity index is 1600. The van der Waals surface area contributed by atoms with Crippen LogP contribution in [0, 0.1) is 11.3 Å². The molecule has 4 heterocycles. The third-order valence-electron chi connectivity index (χ3n) is 8.98. The Morgan fingerprint density at radius 2 is 1.77 bits per heavy atom. The van der Waals surface area contributed by atoms with Crippen LogP contribution in [0.1, 0.15) is 62.8 Å². The molecule has 10 nitrogen and oxygen atoms in total. The van der Waals surface area contributed by atoms with Crippen LogP contribution in [0.25, 0.3) is 11.1 Å². The van der Waals surface area contributed by atoms with E-state index in [-0.39, 0.29) is 11.4 Å². The van der Waals surface area contributed by atoms with Crippen molar-refractivity contribution in [3.63, 3.8) is 0 Å². The number of rotatable bonds is 9. The van der Waals surface area contributed by atoms with E-state index in [1.807, 2.05) is 32.9 Å². The van der Waals surface area contributed by atoms with Crippen LogP contribution < -0.4 is 9.47 Å². The van der Waals surface area contributed by atoms with Crippen LogP contribution in [0.4, 0.5) is 13.2 Å². The van der Waals surface area contributed by atoms with Crippen LogP contribution >= 0.6 is 0 Å². The number of halogens is 3. The van der Waals surface area contributed by atoms with Crippen molar-refractivity contribution in [2.45, 2.75) is 77.1 Å². The molecule has 2 aliphatic heterocycles. The van der Waals surface area contributed by atoms with Crippen molar-refractivity contribution >= 4 is 11.9 Å². The average Bonchev–Trinajstić information content (AvgIpc) is 3.43. The number of aromatic nitrogens is 2. The summed E-state index contributed by atoms with van der Waals surface area (Å²) >= 11 is 0. The fourth-order valence-electron chi connectivity index (χ4n) is 6.82. The molecule has 258 valence electrons. The molecule has 3 aromatic rings. The molecule has 0 spiro atoms. The second-order valence-corrected chi connectivity index (χ2v) is 13.1. The minimum atomic E-state index is -4.67. The summed E-state index contributed by atoms with van der Waals surface area (Å²) in [6.45, 7) is 5.55. The van der Waals surface area contributed by atoms with E-state index >= 15 is 0 Å². The Balaban J connectivity index is 1.69. The first kappa shape index (κ1) is 35.1. The van der Waals surface area contributed by atoms with Crippen molar-refractivity contribution in [3.8, 4) is 22.9 Å². The highest BCUT2D eigenvalue weighted by atomic mass is 19.4. The number of alkyl halides is 3. The van der Waals surface area contributed by atoms with Gasteiger partial charge >= 0.3 is 12.1 Å². The van der Waals surface area contributed by atoms with Gasteiger partial charge in [-0.1, -0.05) is 45.0 Å². The minimum Gasteiger partial charge on any atom is -0.481 e. The van der Waals surface area contributed by atoms with E-state index in [2.05, 4.69) is 9.97 Å². The number of amides is 1. The van der Waals surface area contributed by atoms with E-state index < -0.39 is 65.8 Å². The maximum absolute atomic E-state index is 14.5. The number of aliphatic carboxylic acids is 1. The quantitative estimate of drug-likeness (QED) is 0.278. The number of likely N-dealkylation sites (tertiary alicyclic amines) is 1. The van der Waals surface area contributed by atoms with E-state index in [1.165, 1.54) is 19.1 Å². The van der Waals surface area contributed by atoms with Gasteiger partial charge < -0.3 is 29.0 Å². The van der Waals surface area contributed by atoms with Crippen molar-refractivity contribution in [1.29, 1.82) is 0 Å². The van der Waals surface area contributed by atoms with Crippen molar-refractivity contribution in [3.05, 3.63) is 71.5 Å². The molecule has 1 aromatic carbocycles. The lowest BCUT2D eigenvalue weighted by atomic mass is 9.73. The SMILES string of the molecule is COc1ccc(-c2ccccc2[C@H]2[C@@H](OCc3cc(C(F)(F)F)cnc3OC)[C@H](C(C)(C)C)[C@@H](C(=O)O)N2C(=O)[C@@H]2CCCCO2)cn1. The van der Waals surface area contributed by atoms with Crippen LogP contribution in [0.2, 0.25) is 0 Å². The Kier molecular flexibility index (Phi) is 10.3. The van der Waals surface area contributed by atoms with Gasteiger partial charge in [0.2, 0.25) is 11.8 Å². The average molecular weight is 672 g/mol. The third-order valence-corrected chi connectivity index (χ3v) is 8.98. The number of benzene rings is 1. The topological polar surface area (TPSA) is 120 Å². The number of hydrogen-bond acceptors (Lipinski definition) is 8. The zero-order chi connectivity index (χ0) is 34.8. The molecule has 5 rings (SSSR count). The molecule has 0 aliphatic carbocycles. The number of methoxy groups -OCH3 is 2. The number of nitrogens with zero attached hydrogens (tertiary/aromatic N) is 3. The highest BCUT2D eigenvalue weighted by Gasteiger charge is 2.60. The summed E-state index contributed by atoms with van der Waals surface area (Å²) in [5.41, 5.74) is 0.238. The summed E-state index contributed by atoms with van der Waals surface area (Å²) in [6.07, 6.45) is -2.26. The van der Waals surface area contributed by atoms with E-state index in [4.69, 9.17) is 18.9 Å². The summed E-state index contributed by atoms with van der Waals surface area (Å²) in [5.74, 6) is -2.18. The molecule has 1 amide bonds. The van der Waals surface area contributed by atoms with Crippen LogP contribution in [-0.2, 0) is 31.8 Å². The van der Waals surface area contributed by atoms with E-state index in [0.717, 1.165) is 18.9 Å². The largest absolute Gasteiger partial charge is 0.481 e. The van der Waals surface area contributed by atoms with Gasteiger partial charge in [0.15, 0.2) is 0 Å². The first-order chi connectivity index (χ1) is 22.8. The predicted octanol–water partition coefficient (Wildman–Crippen LogP) is 6.33. The van der Waals surface area contributed by atoms with Crippen LogP contribution in [0.3, 0.4) is 0 Å². The zero-order valence-electron chi connectivity index (χ0n) is 27.5. The highest BCUT2D eigenvalue weighted by molar-refractivity contribution is 5.88. The predicted molar refractivity (Wildman–Crippen MR) is 168 cm³/mol. The first-order valence-corrected chi connectivity index (χ1v) is 15.7. The summed E-state index contributed by atoms with van der Waals surface area (Å²) in [4.78, 5) is 37.3. The van der Waals surface area contributed by atoms with Crippen molar-refractivity contribution in [2.24, 2.45) is 11.3 Å². The van der Waals surface area contributed by atoms with Crippen molar-refractivity contribution in [2.75, 3.05) is 20.8 Å². The van der Waals surface area contributed by atoms with Crippen molar-refractivity contribution in [1.82, 2.24) is 14.9 Å². The molecule has 2 aromatic heterocycles.